The van der Waals surface area contributed by atoms with E-state index in [4.69, 9.17) is 9.05 Å². The fourth-order valence-electron chi connectivity index (χ4n) is 9.09. The number of carbonyl (C=O) groups is 2. The summed E-state index contributed by atoms with van der Waals surface area (Å²) in [5.41, 5.74) is 0.591. The van der Waals surface area contributed by atoms with Gasteiger partial charge in [0.25, 0.3) is 0 Å². The van der Waals surface area contributed by atoms with E-state index >= 15 is 9.59 Å². The second-order valence-electron chi connectivity index (χ2n) is 15.1. The first-order valence-corrected chi connectivity index (χ1v) is 24.9. The van der Waals surface area contributed by atoms with E-state index in [1.165, 1.54) is 0 Å². The first-order valence-electron chi connectivity index (χ1n) is 20.6. The van der Waals surface area contributed by atoms with E-state index in [9.17, 15) is 0 Å². The van der Waals surface area contributed by atoms with Gasteiger partial charge < -0.3 is 0 Å². The van der Waals surface area contributed by atoms with Crippen molar-refractivity contribution in [3.05, 3.63) is 278 Å². The van der Waals surface area contributed by atoms with E-state index < -0.39 is 25.6 Å². The molecule has 6 heteroatoms. The number of benzene rings is 9. The summed E-state index contributed by atoms with van der Waals surface area (Å²) >= 11 is 0. The summed E-state index contributed by atoms with van der Waals surface area (Å²) in [5.74, 6) is -1.05. The molecule has 0 unspecified atom stereocenters. The third-order valence-electron chi connectivity index (χ3n) is 11.9. The Morgan fingerprint density at radius 2 is 0.371 bits per heavy atom. The monoisotopic (exact) mass is 842 g/mol. The van der Waals surface area contributed by atoms with Crippen molar-refractivity contribution in [1.29, 1.82) is 0 Å². The molecule has 0 fully saturated rings. The quantitative estimate of drug-likeness (QED) is 0.115. The summed E-state index contributed by atoms with van der Waals surface area (Å²) < 4.78 is 14.7. The van der Waals surface area contributed by atoms with Crippen molar-refractivity contribution in [1.82, 2.24) is 0 Å². The van der Waals surface area contributed by atoms with E-state index in [2.05, 4.69) is 97.1 Å². The van der Waals surface area contributed by atoms with Crippen LogP contribution in [0.15, 0.2) is 267 Å². The summed E-state index contributed by atoms with van der Waals surface area (Å²) in [5, 5.41) is 7.04. The second kappa shape index (κ2) is 16.7. The molecular formula is C56H44O4P2. The van der Waals surface area contributed by atoms with Crippen molar-refractivity contribution in [3.63, 3.8) is 0 Å². The molecule has 0 spiro atoms. The molecule has 0 amide bonds. The molecule has 0 aliphatic carbocycles. The van der Waals surface area contributed by atoms with Crippen LogP contribution in [-0.2, 0) is 9.05 Å². The molecule has 62 heavy (non-hydrogen) atoms. The van der Waals surface area contributed by atoms with Crippen molar-refractivity contribution in [2.24, 2.45) is 0 Å². The van der Waals surface area contributed by atoms with E-state index in [1.54, 1.807) is 24.3 Å². The van der Waals surface area contributed by atoms with Gasteiger partial charge in [0.1, 0.15) is 0 Å². The number of rotatable bonds is 12. The minimum absolute atomic E-state index is 0.295. The minimum atomic E-state index is -4.30. The van der Waals surface area contributed by atoms with E-state index in [0.717, 1.165) is 42.4 Å². The third-order valence-corrected chi connectivity index (χ3v) is 23.2. The van der Waals surface area contributed by atoms with Crippen LogP contribution in [0.25, 0.3) is 0 Å². The van der Waals surface area contributed by atoms with Crippen molar-refractivity contribution in [2.45, 2.75) is 0 Å². The fourth-order valence-corrected chi connectivity index (χ4v) is 20.3. The Morgan fingerprint density at radius 3 is 0.516 bits per heavy atom. The van der Waals surface area contributed by atoms with Gasteiger partial charge in [-0.2, -0.15) is 0 Å². The number of hydrogen-bond donors (Lipinski definition) is 0. The maximum absolute atomic E-state index is 15.2. The first kappa shape index (κ1) is 40.2. The van der Waals surface area contributed by atoms with Gasteiger partial charge in [0.2, 0.25) is 0 Å². The van der Waals surface area contributed by atoms with E-state index in [0.29, 0.717) is 11.1 Å². The molecule has 0 radical (unpaired) electrons. The Balaban J connectivity index is 1.20. The fraction of sp³-hybridized carbons (Fsp3) is 0. The molecule has 0 aliphatic heterocycles. The Morgan fingerprint density at radius 1 is 0.226 bits per heavy atom. The van der Waals surface area contributed by atoms with E-state index in [-0.39, 0.29) is 0 Å². The summed E-state index contributed by atoms with van der Waals surface area (Å²) in [7, 11) is 0. The van der Waals surface area contributed by atoms with Crippen LogP contribution in [0.4, 0.5) is 0 Å². The van der Waals surface area contributed by atoms with Crippen LogP contribution in [0.3, 0.4) is 0 Å². The van der Waals surface area contributed by atoms with Gasteiger partial charge in [0.15, 0.2) is 0 Å². The van der Waals surface area contributed by atoms with Crippen LogP contribution in [0, 0.1) is 0 Å². The van der Waals surface area contributed by atoms with Gasteiger partial charge in [-0.05, 0) is 0 Å². The molecule has 9 rings (SSSR count). The van der Waals surface area contributed by atoms with Crippen LogP contribution in [-0.4, -0.2) is 11.9 Å². The van der Waals surface area contributed by atoms with Crippen LogP contribution >= 0.6 is 13.7 Å². The van der Waals surface area contributed by atoms with Crippen molar-refractivity contribution in [3.8, 4) is 0 Å². The molecule has 302 valence electrons. The molecule has 0 heterocycles. The summed E-state index contributed by atoms with van der Waals surface area (Å²) in [6, 6.07) is 87.3. The van der Waals surface area contributed by atoms with E-state index in [1.807, 2.05) is 146 Å². The second-order valence-corrected chi connectivity index (χ2v) is 23.7. The Labute approximate surface area is 363 Å². The predicted molar refractivity (Wildman–Crippen MR) is 260 cm³/mol. The molecule has 9 aromatic rings. The van der Waals surface area contributed by atoms with Crippen molar-refractivity contribution in [2.75, 3.05) is 0 Å². The summed E-state index contributed by atoms with van der Waals surface area (Å²) in [4.78, 5) is 30.3. The van der Waals surface area contributed by atoms with Crippen molar-refractivity contribution < 1.29 is 18.6 Å². The Kier molecular flexibility index (Phi) is 10.8. The number of hydrogen-bond acceptors (Lipinski definition) is 4. The zero-order valence-electron chi connectivity index (χ0n) is 33.9. The van der Waals surface area contributed by atoms with Gasteiger partial charge >= 0.3 is 365 Å². The SMILES string of the molecule is O=C(OP(c1ccccc1)(c1ccccc1)(c1ccccc1)c1ccccc1)c1ccc(C(=O)OP(c2ccccc2)(c2ccccc2)(c2ccccc2)c2ccccc2)cc1. The van der Waals surface area contributed by atoms with Crippen LogP contribution in [0.1, 0.15) is 20.7 Å². The summed E-state index contributed by atoms with van der Waals surface area (Å²) in [6.45, 7) is -8.60. The van der Waals surface area contributed by atoms with Gasteiger partial charge in [-0.15, -0.1) is 0 Å². The Bertz CT molecular complexity index is 2370. The molecule has 0 aliphatic rings. The normalized spacial score (nSPS) is 12.7. The molecule has 0 saturated heterocycles. The first-order chi connectivity index (χ1) is 30.5. The van der Waals surface area contributed by atoms with Gasteiger partial charge in [-0.25, -0.2) is 0 Å². The molecular weight excluding hydrogens is 799 g/mol. The topological polar surface area (TPSA) is 52.6 Å². The maximum atomic E-state index is 15.2. The summed E-state index contributed by atoms with van der Waals surface area (Å²) in [6.07, 6.45) is 0. The molecule has 0 saturated carbocycles. The molecule has 9 aromatic carbocycles. The molecule has 0 bridgehead atoms. The number of carbonyl (C=O) groups excluding carboxylic acids is 2. The third kappa shape index (κ3) is 6.22. The van der Waals surface area contributed by atoms with Gasteiger partial charge in [-0.1, -0.05) is 0 Å². The van der Waals surface area contributed by atoms with Crippen LogP contribution in [0.5, 0.6) is 0 Å². The van der Waals surface area contributed by atoms with Crippen molar-refractivity contribution >= 4 is 68.0 Å². The van der Waals surface area contributed by atoms with Crippen LogP contribution in [0.2, 0.25) is 0 Å². The van der Waals surface area contributed by atoms with Gasteiger partial charge in [0.05, 0.1) is 0 Å². The zero-order chi connectivity index (χ0) is 42.3. The Hall–Kier alpha value is -7.22. The standard InChI is InChI=1S/C56H44O4P2/c57-55(59-61(47-25-9-1-10-26-47,48-27-11-2-12-28-48,49-29-13-3-14-30-49)50-31-15-4-16-32-50)45-41-43-46(44-42-45)56(58)60-62(51-33-17-5-18-34-51,52-35-19-6-20-36-52,53-37-21-7-22-38-53)54-39-23-8-24-40-54/h1-44H. The molecule has 0 atom stereocenters. The average Bonchev–Trinajstić information content (AvgIpc) is 3.37. The average molecular weight is 843 g/mol. The molecule has 4 nitrogen and oxygen atoms in total. The zero-order valence-corrected chi connectivity index (χ0v) is 35.7. The van der Waals surface area contributed by atoms with Gasteiger partial charge in [-0.3, -0.25) is 0 Å². The van der Waals surface area contributed by atoms with Gasteiger partial charge in [0, 0.05) is 0 Å². The molecule has 0 N–H and O–H groups in total. The predicted octanol–water partition coefficient (Wildman–Crippen LogP) is 9.54. The molecule has 0 aromatic heterocycles. The van der Waals surface area contributed by atoms with Crippen LogP contribution < -0.4 is 42.4 Å².